The summed E-state index contributed by atoms with van der Waals surface area (Å²) >= 11 is 13.4. The fourth-order valence-corrected chi connectivity index (χ4v) is 3.08. The van der Waals surface area contributed by atoms with E-state index in [9.17, 15) is 4.39 Å². The van der Waals surface area contributed by atoms with Crippen LogP contribution in [-0.4, -0.2) is 17.1 Å². The number of ether oxygens (including phenoxy) is 2. The first-order chi connectivity index (χ1) is 12.5. The lowest BCUT2D eigenvalue weighted by Gasteiger charge is -2.10. The number of hydrogen-bond donors (Lipinski definition) is 0. The molecule has 0 aliphatic carbocycles. The summed E-state index contributed by atoms with van der Waals surface area (Å²) in [5.41, 5.74) is 0.991. The van der Waals surface area contributed by atoms with E-state index < -0.39 is 0 Å². The van der Waals surface area contributed by atoms with Crippen LogP contribution in [-0.2, 0) is 5.75 Å². The Bertz CT molecular complexity index is 910. The highest BCUT2D eigenvalue weighted by molar-refractivity contribution is 7.98. The molecular weight excluding hydrogens is 398 g/mol. The summed E-state index contributed by atoms with van der Waals surface area (Å²) in [7, 11) is 1.50. The van der Waals surface area contributed by atoms with Crippen LogP contribution in [0.15, 0.2) is 53.8 Å². The number of aromatic nitrogens is 2. The average Bonchev–Trinajstić information content (AvgIpc) is 2.65. The Labute approximate surface area is 164 Å². The molecule has 0 unspecified atom stereocenters. The van der Waals surface area contributed by atoms with E-state index in [1.807, 2.05) is 6.07 Å². The van der Waals surface area contributed by atoms with Gasteiger partial charge in [-0.3, -0.25) is 0 Å². The Balaban J connectivity index is 1.75. The average molecular weight is 411 g/mol. The lowest BCUT2D eigenvalue weighted by Crippen LogP contribution is -1.97. The molecule has 1 aromatic heterocycles. The van der Waals surface area contributed by atoms with Crippen molar-refractivity contribution in [3.05, 3.63) is 70.1 Å². The number of nitrogens with zero attached hydrogens (tertiary/aromatic N) is 2. The van der Waals surface area contributed by atoms with Crippen LogP contribution in [0.4, 0.5) is 4.39 Å². The van der Waals surface area contributed by atoms with Gasteiger partial charge in [0.05, 0.1) is 23.4 Å². The van der Waals surface area contributed by atoms with Crippen molar-refractivity contribution < 1.29 is 13.9 Å². The highest BCUT2D eigenvalue weighted by Crippen LogP contribution is 2.32. The van der Waals surface area contributed by atoms with Crippen molar-refractivity contribution in [2.24, 2.45) is 0 Å². The Morgan fingerprint density at radius 2 is 1.85 bits per heavy atom. The summed E-state index contributed by atoms with van der Waals surface area (Å²) in [4.78, 5) is 8.62. The zero-order valence-electron chi connectivity index (χ0n) is 13.6. The predicted octanol–water partition coefficient (Wildman–Crippen LogP) is 6.02. The highest BCUT2D eigenvalue weighted by atomic mass is 35.5. The van der Waals surface area contributed by atoms with Crippen LogP contribution in [0.1, 0.15) is 5.56 Å². The fourth-order valence-electron chi connectivity index (χ4n) is 2.01. The SMILES string of the molecule is COc1cnc(SCc2ccc(Cl)c(Cl)c2)nc1Oc1ccc(F)cc1. The Hall–Kier alpha value is -2.02. The van der Waals surface area contributed by atoms with Gasteiger partial charge in [0.1, 0.15) is 11.6 Å². The molecule has 0 aliphatic rings. The highest BCUT2D eigenvalue weighted by Gasteiger charge is 2.11. The molecule has 0 amide bonds. The summed E-state index contributed by atoms with van der Waals surface area (Å²) in [5.74, 6) is 1.35. The van der Waals surface area contributed by atoms with E-state index >= 15 is 0 Å². The number of halogens is 3. The van der Waals surface area contributed by atoms with Gasteiger partial charge in [-0.1, -0.05) is 41.0 Å². The minimum atomic E-state index is -0.343. The van der Waals surface area contributed by atoms with Gasteiger partial charge in [0.15, 0.2) is 10.9 Å². The van der Waals surface area contributed by atoms with Crippen LogP contribution >= 0.6 is 35.0 Å². The smallest absolute Gasteiger partial charge is 0.266 e. The molecule has 2 aromatic carbocycles. The second-order valence-corrected chi connectivity index (χ2v) is 6.88. The molecule has 0 N–H and O–H groups in total. The maximum atomic E-state index is 13.0. The van der Waals surface area contributed by atoms with Crippen LogP contribution in [0.2, 0.25) is 10.0 Å². The first-order valence-corrected chi connectivity index (χ1v) is 9.20. The van der Waals surface area contributed by atoms with Crippen LogP contribution in [0.5, 0.6) is 17.4 Å². The number of rotatable bonds is 6. The molecular formula is C18H13Cl2FN2O2S. The second-order valence-electron chi connectivity index (χ2n) is 5.12. The molecule has 0 radical (unpaired) electrons. The molecule has 0 aliphatic heterocycles. The van der Waals surface area contributed by atoms with Gasteiger partial charge in [0, 0.05) is 5.75 Å². The normalized spacial score (nSPS) is 10.6. The van der Waals surface area contributed by atoms with Crippen LogP contribution < -0.4 is 9.47 Å². The lowest BCUT2D eigenvalue weighted by molar-refractivity contribution is 0.363. The minimum Gasteiger partial charge on any atom is -0.490 e. The van der Waals surface area contributed by atoms with E-state index in [2.05, 4.69) is 9.97 Å². The van der Waals surface area contributed by atoms with Gasteiger partial charge >= 0.3 is 0 Å². The van der Waals surface area contributed by atoms with Crippen LogP contribution in [0, 0.1) is 5.82 Å². The van der Waals surface area contributed by atoms with Crippen molar-refractivity contribution in [1.29, 1.82) is 0 Å². The third-order valence-corrected chi connectivity index (χ3v) is 4.97. The molecule has 8 heteroatoms. The minimum absolute atomic E-state index is 0.255. The van der Waals surface area contributed by atoms with Gasteiger partial charge in [0.25, 0.3) is 5.88 Å². The predicted molar refractivity (Wildman–Crippen MR) is 101 cm³/mol. The molecule has 0 spiro atoms. The van der Waals surface area contributed by atoms with Crippen LogP contribution in [0.25, 0.3) is 0 Å². The maximum Gasteiger partial charge on any atom is 0.266 e. The molecule has 0 saturated heterocycles. The van der Waals surface area contributed by atoms with Gasteiger partial charge in [-0.15, -0.1) is 0 Å². The summed E-state index contributed by atoms with van der Waals surface area (Å²) in [6.07, 6.45) is 1.53. The van der Waals surface area contributed by atoms with E-state index in [-0.39, 0.29) is 11.7 Å². The maximum absolute atomic E-state index is 13.0. The monoisotopic (exact) mass is 410 g/mol. The van der Waals surface area contributed by atoms with Gasteiger partial charge in [-0.05, 0) is 42.0 Å². The topological polar surface area (TPSA) is 44.2 Å². The zero-order chi connectivity index (χ0) is 18.5. The van der Waals surface area contributed by atoms with Crippen molar-refractivity contribution in [2.75, 3.05) is 7.11 Å². The lowest BCUT2D eigenvalue weighted by atomic mass is 10.2. The molecule has 26 heavy (non-hydrogen) atoms. The van der Waals surface area contributed by atoms with Crippen molar-refractivity contribution in [3.63, 3.8) is 0 Å². The number of thioether (sulfide) groups is 1. The summed E-state index contributed by atoms with van der Waals surface area (Å²) in [5, 5.41) is 1.52. The quantitative estimate of drug-likeness (QED) is 0.367. The number of hydrogen-bond acceptors (Lipinski definition) is 5. The molecule has 3 rings (SSSR count). The van der Waals surface area contributed by atoms with Crippen LogP contribution in [0.3, 0.4) is 0 Å². The molecule has 0 atom stereocenters. The van der Waals surface area contributed by atoms with E-state index in [4.69, 9.17) is 32.7 Å². The van der Waals surface area contributed by atoms with E-state index in [0.717, 1.165) is 5.56 Å². The second kappa shape index (κ2) is 8.58. The molecule has 134 valence electrons. The third kappa shape index (κ3) is 4.78. The summed E-state index contributed by atoms with van der Waals surface area (Å²) < 4.78 is 23.9. The van der Waals surface area contributed by atoms with E-state index in [1.54, 1.807) is 12.1 Å². The van der Waals surface area contributed by atoms with Crippen molar-refractivity contribution in [2.45, 2.75) is 10.9 Å². The van der Waals surface area contributed by atoms with E-state index in [1.165, 1.54) is 49.3 Å². The Morgan fingerprint density at radius 1 is 1.08 bits per heavy atom. The Kier molecular flexibility index (Phi) is 6.19. The van der Waals surface area contributed by atoms with Gasteiger partial charge in [0.2, 0.25) is 0 Å². The first-order valence-electron chi connectivity index (χ1n) is 7.46. The summed E-state index contributed by atoms with van der Waals surface area (Å²) in [6, 6.07) is 11.1. The number of benzene rings is 2. The van der Waals surface area contributed by atoms with Crippen molar-refractivity contribution in [1.82, 2.24) is 9.97 Å². The van der Waals surface area contributed by atoms with Gasteiger partial charge in [-0.25, -0.2) is 9.37 Å². The van der Waals surface area contributed by atoms with E-state index in [0.29, 0.717) is 32.5 Å². The first kappa shape index (κ1) is 18.8. The zero-order valence-corrected chi connectivity index (χ0v) is 15.9. The standard InChI is InChI=1S/C18H13Cl2FN2O2S/c1-24-16-9-22-18(26-10-11-2-7-14(19)15(20)8-11)23-17(16)25-13-5-3-12(21)4-6-13/h2-9H,10H2,1H3. The molecule has 0 bridgehead atoms. The molecule has 0 fully saturated rings. The van der Waals surface area contributed by atoms with Gasteiger partial charge in [-0.2, -0.15) is 4.98 Å². The molecule has 0 saturated carbocycles. The Morgan fingerprint density at radius 3 is 2.54 bits per heavy atom. The van der Waals surface area contributed by atoms with Crippen molar-refractivity contribution in [3.8, 4) is 17.4 Å². The van der Waals surface area contributed by atoms with Gasteiger partial charge < -0.3 is 9.47 Å². The third-order valence-electron chi connectivity index (χ3n) is 3.30. The largest absolute Gasteiger partial charge is 0.490 e. The number of methoxy groups -OCH3 is 1. The summed E-state index contributed by atoms with van der Waals surface area (Å²) in [6.45, 7) is 0. The molecule has 3 aromatic rings. The fraction of sp³-hybridized carbons (Fsp3) is 0.111. The van der Waals surface area contributed by atoms with Crippen molar-refractivity contribution >= 4 is 35.0 Å². The molecule has 1 heterocycles. The molecule has 4 nitrogen and oxygen atoms in total.